The maximum Gasteiger partial charge on any atom is 0.243 e. The summed E-state index contributed by atoms with van der Waals surface area (Å²) in [6.45, 7) is 5.10. The van der Waals surface area contributed by atoms with Gasteiger partial charge in [-0.1, -0.05) is 6.92 Å². The summed E-state index contributed by atoms with van der Waals surface area (Å²) in [4.78, 5) is 0.253. The van der Waals surface area contributed by atoms with Gasteiger partial charge in [-0.25, -0.2) is 13.1 Å². The molecule has 1 aliphatic carbocycles. The van der Waals surface area contributed by atoms with Crippen LogP contribution in [0.3, 0.4) is 0 Å². The highest BCUT2D eigenvalue weighted by Crippen LogP contribution is 2.28. The third-order valence-electron chi connectivity index (χ3n) is 3.12. The Kier molecular flexibility index (Phi) is 4.95. The van der Waals surface area contributed by atoms with E-state index in [0.717, 1.165) is 32.4 Å². The monoisotopic (exact) mass is 286 g/mol. The molecule has 0 saturated heterocycles. The van der Waals surface area contributed by atoms with Crippen molar-refractivity contribution in [3.05, 3.63) is 12.4 Å². The second kappa shape index (κ2) is 6.49. The Bertz CT molecular complexity index is 494. The topological polar surface area (TPSA) is 76.0 Å². The molecule has 0 bridgehead atoms. The van der Waals surface area contributed by atoms with Crippen molar-refractivity contribution in [1.29, 1.82) is 0 Å². The molecule has 1 fully saturated rings. The average molecular weight is 286 g/mol. The van der Waals surface area contributed by atoms with Crippen LogP contribution in [0.4, 0.5) is 0 Å². The standard InChI is InChI=1S/C12H22N4O2S/c1-2-5-13-6-7-16-10-12(9-14-16)19(17,18)15-8-11-3-4-11/h9-11,13,15H,2-8H2,1H3. The van der Waals surface area contributed by atoms with Crippen molar-refractivity contribution in [2.45, 2.75) is 37.6 Å². The van der Waals surface area contributed by atoms with Gasteiger partial charge in [-0.05, 0) is 31.7 Å². The molecule has 1 heterocycles. The molecule has 7 heteroatoms. The van der Waals surface area contributed by atoms with Crippen LogP contribution in [0.5, 0.6) is 0 Å². The lowest BCUT2D eigenvalue weighted by atomic mass is 10.4. The van der Waals surface area contributed by atoms with Crippen LogP contribution in [-0.2, 0) is 16.6 Å². The molecule has 1 saturated carbocycles. The lowest BCUT2D eigenvalue weighted by Crippen LogP contribution is -2.25. The Hall–Kier alpha value is -0.920. The molecule has 2 N–H and O–H groups in total. The van der Waals surface area contributed by atoms with Gasteiger partial charge in [0.1, 0.15) is 4.90 Å². The maximum absolute atomic E-state index is 12.0. The fourth-order valence-corrected chi connectivity index (χ4v) is 2.80. The van der Waals surface area contributed by atoms with Gasteiger partial charge >= 0.3 is 0 Å². The quantitative estimate of drug-likeness (QED) is 0.651. The van der Waals surface area contributed by atoms with Crippen LogP contribution in [0, 0.1) is 5.92 Å². The van der Waals surface area contributed by atoms with Gasteiger partial charge in [-0.3, -0.25) is 4.68 Å². The molecular weight excluding hydrogens is 264 g/mol. The summed E-state index contributed by atoms with van der Waals surface area (Å²) in [7, 11) is -3.38. The summed E-state index contributed by atoms with van der Waals surface area (Å²) in [5, 5.41) is 7.33. The molecule has 2 rings (SSSR count). The van der Waals surface area contributed by atoms with E-state index in [1.807, 2.05) is 0 Å². The first kappa shape index (κ1) is 14.5. The van der Waals surface area contributed by atoms with E-state index < -0.39 is 10.0 Å². The second-order valence-corrected chi connectivity index (χ2v) is 6.75. The predicted octanol–water partition coefficient (Wildman–Crippen LogP) is 0.571. The molecule has 108 valence electrons. The van der Waals surface area contributed by atoms with Crippen molar-refractivity contribution in [2.75, 3.05) is 19.6 Å². The van der Waals surface area contributed by atoms with Crippen LogP contribution >= 0.6 is 0 Å². The largest absolute Gasteiger partial charge is 0.315 e. The number of sulfonamides is 1. The first-order valence-electron chi connectivity index (χ1n) is 6.84. The normalized spacial score (nSPS) is 15.8. The summed E-state index contributed by atoms with van der Waals surface area (Å²) in [6.07, 6.45) is 6.34. The van der Waals surface area contributed by atoms with E-state index in [2.05, 4.69) is 22.1 Å². The fourth-order valence-electron chi connectivity index (χ4n) is 1.73. The molecule has 6 nitrogen and oxygen atoms in total. The highest BCUT2D eigenvalue weighted by molar-refractivity contribution is 7.89. The van der Waals surface area contributed by atoms with Crippen molar-refractivity contribution < 1.29 is 8.42 Å². The fraction of sp³-hybridized carbons (Fsp3) is 0.750. The Morgan fingerprint density at radius 1 is 1.42 bits per heavy atom. The first-order valence-corrected chi connectivity index (χ1v) is 8.33. The smallest absolute Gasteiger partial charge is 0.243 e. The van der Waals surface area contributed by atoms with Crippen molar-refractivity contribution in [3.8, 4) is 0 Å². The van der Waals surface area contributed by atoms with Crippen molar-refractivity contribution in [2.24, 2.45) is 5.92 Å². The van der Waals surface area contributed by atoms with E-state index in [1.54, 1.807) is 10.9 Å². The van der Waals surface area contributed by atoms with Gasteiger partial charge in [0.25, 0.3) is 0 Å². The highest BCUT2D eigenvalue weighted by Gasteiger charge is 2.24. The predicted molar refractivity (Wildman–Crippen MR) is 73.3 cm³/mol. The Morgan fingerprint density at radius 2 is 2.21 bits per heavy atom. The molecule has 1 aromatic rings. The number of nitrogens with zero attached hydrogens (tertiary/aromatic N) is 2. The van der Waals surface area contributed by atoms with E-state index in [-0.39, 0.29) is 4.90 Å². The van der Waals surface area contributed by atoms with Crippen LogP contribution in [0.1, 0.15) is 26.2 Å². The molecular formula is C12H22N4O2S. The number of nitrogens with one attached hydrogen (secondary N) is 2. The average Bonchev–Trinajstić information content (AvgIpc) is 3.09. The summed E-state index contributed by atoms with van der Waals surface area (Å²) in [5.74, 6) is 0.531. The molecule has 1 aliphatic rings. The zero-order valence-electron chi connectivity index (χ0n) is 11.3. The highest BCUT2D eigenvalue weighted by atomic mass is 32.2. The van der Waals surface area contributed by atoms with Gasteiger partial charge in [0.2, 0.25) is 10.0 Å². The summed E-state index contributed by atoms with van der Waals surface area (Å²) in [5.41, 5.74) is 0. The van der Waals surface area contributed by atoms with E-state index in [1.165, 1.54) is 6.20 Å². The lowest BCUT2D eigenvalue weighted by Gasteiger charge is -2.04. The van der Waals surface area contributed by atoms with Gasteiger partial charge in [0.05, 0.1) is 12.7 Å². The number of hydrogen-bond donors (Lipinski definition) is 2. The SMILES string of the molecule is CCCNCCn1cc(S(=O)(=O)NCC2CC2)cn1. The van der Waals surface area contributed by atoms with Crippen molar-refractivity contribution >= 4 is 10.0 Å². The van der Waals surface area contributed by atoms with Gasteiger partial charge in [-0.2, -0.15) is 5.10 Å². The van der Waals surface area contributed by atoms with Crippen LogP contribution in [0.2, 0.25) is 0 Å². The molecule has 1 aromatic heterocycles. The third kappa shape index (κ3) is 4.59. The lowest BCUT2D eigenvalue weighted by molar-refractivity contribution is 0.551. The molecule has 0 radical (unpaired) electrons. The van der Waals surface area contributed by atoms with Gasteiger partial charge in [0.15, 0.2) is 0 Å². The van der Waals surface area contributed by atoms with Crippen molar-refractivity contribution in [3.63, 3.8) is 0 Å². The van der Waals surface area contributed by atoms with E-state index in [0.29, 0.717) is 19.0 Å². The summed E-state index contributed by atoms with van der Waals surface area (Å²) in [6, 6.07) is 0. The third-order valence-corrected chi connectivity index (χ3v) is 4.50. The van der Waals surface area contributed by atoms with E-state index in [4.69, 9.17) is 0 Å². The van der Waals surface area contributed by atoms with Crippen LogP contribution < -0.4 is 10.0 Å². The van der Waals surface area contributed by atoms with Gasteiger partial charge < -0.3 is 5.32 Å². The minimum Gasteiger partial charge on any atom is -0.315 e. The van der Waals surface area contributed by atoms with Crippen LogP contribution in [0.15, 0.2) is 17.3 Å². The molecule has 0 amide bonds. The van der Waals surface area contributed by atoms with Crippen LogP contribution in [0.25, 0.3) is 0 Å². The second-order valence-electron chi connectivity index (χ2n) is 4.98. The van der Waals surface area contributed by atoms with E-state index >= 15 is 0 Å². The molecule has 0 unspecified atom stereocenters. The molecule has 0 aromatic carbocycles. The zero-order valence-corrected chi connectivity index (χ0v) is 12.1. The Balaban J connectivity index is 1.84. The molecule has 0 atom stereocenters. The van der Waals surface area contributed by atoms with Crippen molar-refractivity contribution in [1.82, 2.24) is 19.8 Å². The summed E-state index contributed by atoms with van der Waals surface area (Å²) < 4.78 is 28.2. The molecule has 0 aliphatic heterocycles. The number of rotatable bonds is 9. The minimum absolute atomic E-state index is 0.253. The molecule has 0 spiro atoms. The zero-order chi connectivity index (χ0) is 13.7. The van der Waals surface area contributed by atoms with E-state index in [9.17, 15) is 8.42 Å². The van der Waals surface area contributed by atoms with Gasteiger partial charge in [0, 0.05) is 19.3 Å². The number of hydrogen-bond acceptors (Lipinski definition) is 4. The molecule has 19 heavy (non-hydrogen) atoms. The maximum atomic E-state index is 12.0. The Morgan fingerprint density at radius 3 is 2.89 bits per heavy atom. The minimum atomic E-state index is -3.38. The number of aromatic nitrogens is 2. The summed E-state index contributed by atoms with van der Waals surface area (Å²) >= 11 is 0. The van der Waals surface area contributed by atoms with Crippen LogP contribution in [-0.4, -0.2) is 37.8 Å². The Labute approximate surface area is 114 Å². The first-order chi connectivity index (χ1) is 9.12. The van der Waals surface area contributed by atoms with Gasteiger partial charge in [-0.15, -0.1) is 0 Å².